The third kappa shape index (κ3) is 4.30. The second-order valence-corrected chi connectivity index (χ2v) is 8.20. The molecule has 0 spiro atoms. The lowest BCUT2D eigenvalue weighted by atomic mass is 10.2. The summed E-state index contributed by atoms with van der Waals surface area (Å²) in [6.45, 7) is 0. The average Bonchev–Trinajstić information content (AvgIpc) is 2.68. The molecule has 0 radical (unpaired) electrons. The molecule has 3 aromatic rings. The Bertz CT molecular complexity index is 1050. The Kier molecular flexibility index (Phi) is 5.48. The van der Waals surface area contributed by atoms with Crippen molar-refractivity contribution in [2.24, 2.45) is 0 Å². The van der Waals surface area contributed by atoms with Crippen LogP contribution in [0.4, 0.5) is 11.4 Å². The molecule has 0 aliphatic heterocycles. The highest BCUT2D eigenvalue weighted by atomic mass is 35.5. The fraction of sp³-hybridized carbons (Fsp3) is 0.0500. The third-order valence-corrected chi connectivity index (χ3v) is 6.01. The van der Waals surface area contributed by atoms with Gasteiger partial charge in [-0.2, -0.15) is 0 Å². The molecule has 1 N–H and O–H groups in total. The summed E-state index contributed by atoms with van der Waals surface area (Å²) in [7, 11) is -2.18. The normalized spacial score (nSPS) is 11.0. The molecule has 0 atom stereocenters. The standard InChI is InChI=1S/C20H17ClN2O3S/c1-23(27(25,26)19-8-3-2-4-9-19)18-12-10-15(11-13-18)20(24)22-17-7-5-6-16(21)14-17/h2-14H,1H3,(H,22,24). The number of rotatable bonds is 5. The number of amides is 1. The van der Waals surface area contributed by atoms with Gasteiger partial charge in [-0.15, -0.1) is 0 Å². The Morgan fingerprint density at radius 2 is 1.59 bits per heavy atom. The Labute approximate surface area is 163 Å². The Morgan fingerprint density at radius 3 is 2.22 bits per heavy atom. The quantitative estimate of drug-likeness (QED) is 0.689. The van der Waals surface area contributed by atoms with E-state index in [-0.39, 0.29) is 10.8 Å². The summed E-state index contributed by atoms with van der Waals surface area (Å²) in [6, 6.07) is 21.3. The van der Waals surface area contributed by atoms with Crippen molar-refractivity contribution < 1.29 is 13.2 Å². The molecule has 7 heteroatoms. The van der Waals surface area contributed by atoms with Gasteiger partial charge in [0, 0.05) is 23.3 Å². The number of nitrogens with zero attached hydrogens (tertiary/aromatic N) is 1. The van der Waals surface area contributed by atoms with Crippen molar-refractivity contribution in [1.82, 2.24) is 0 Å². The summed E-state index contributed by atoms with van der Waals surface area (Å²) in [5, 5.41) is 3.27. The van der Waals surface area contributed by atoms with Crippen molar-refractivity contribution in [3.05, 3.63) is 89.4 Å². The minimum atomic E-state index is -3.66. The van der Waals surface area contributed by atoms with Crippen molar-refractivity contribution in [3.63, 3.8) is 0 Å². The van der Waals surface area contributed by atoms with Gasteiger partial charge in [0.15, 0.2) is 0 Å². The highest BCUT2D eigenvalue weighted by Gasteiger charge is 2.21. The van der Waals surface area contributed by atoms with Crippen LogP contribution in [0.15, 0.2) is 83.8 Å². The van der Waals surface area contributed by atoms with E-state index in [1.54, 1.807) is 78.9 Å². The molecule has 0 heterocycles. The average molecular weight is 401 g/mol. The van der Waals surface area contributed by atoms with Crippen LogP contribution >= 0.6 is 11.6 Å². The van der Waals surface area contributed by atoms with Gasteiger partial charge in [0.1, 0.15) is 0 Å². The van der Waals surface area contributed by atoms with Crippen molar-refractivity contribution >= 4 is 38.9 Å². The van der Waals surface area contributed by atoms with Gasteiger partial charge in [0.25, 0.3) is 15.9 Å². The first-order valence-corrected chi connectivity index (χ1v) is 9.91. The molecule has 3 rings (SSSR count). The minimum absolute atomic E-state index is 0.204. The first-order chi connectivity index (χ1) is 12.9. The van der Waals surface area contributed by atoms with E-state index in [0.29, 0.717) is 22.0 Å². The number of sulfonamides is 1. The molecular weight excluding hydrogens is 384 g/mol. The molecular formula is C20H17ClN2O3S. The molecule has 0 aliphatic carbocycles. The molecule has 0 bridgehead atoms. The van der Waals surface area contributed by atoms with Crippen LogP contribution in [0.5, 0.6) is 0 Å². The van der Waals surface area contributed by atoms with Gasteiger partial charge in [-0.05, 0) is 54.6 Å². The maximum absolute atomic E-state index is 12.7. The van der Waals surface area contributed by atoms with Gasteiger partial charge in [0.2, 0.25) is 0 Å². The maximum Gasteiger partial charge on any atom is 0.264 e. The van der Waals surface area contributed by atoms with Gasteiger partial charge in [-0.1, -0.05) is 35.9 Å². The maximum atomic E-state index is 12.7. The van der Waals surface area contributed by atoms with Crippen molar-refractivity contribution in [1.29, 1.82) is 0 Å². The van der Waals surface area contributed by atoms with E-state index >= 15 is 0 Å². The molecule has 138 valence electrons. The van der Waals surface area contributed by atoms with E-state index < -0.39 is 10.0 Å². The fourth-order valence-electron chi connectivity index (χ4n) is 2.48. The summed E-state index contributed by atoms with van der Waals surface area (Å²) in [6.07, 6.45) is 0. The molecule has 27 heavy (non-hydrogen) atoms. The summed E-state index contributed by atoms with van der Waals surface area (Å²) in [5.74, 6) is -0.308. The Morgan fingerprint density at radius 1 is 0.926 bits per heavy atom. The molecule has 0 saturated carbocycles. The Balaban J connectivity index is 1.77. The molecule has 0 unspecified atom stereocenters. The summed E-state index contributed by atoms with van der Waals surface area (Å²) in [5.41, 5.74) is 1.45. The molecule has 0 aromatic heterocycles. The van der Waals surface area contributed by atoms with E-state index in [9.17, 15) is 13.2 Å². The van der Waals surface area contributed by atoms with Crippen LogP contribution in [-0.2, 0) is 10.0 Å². The van der Waals surface area contributed by atoms with Gasteiger partial charge in [-0.3, -0.25) is 9.10 Å². The van der Waals surface area contributed by atoms with Crippen molar-refractivity contribution in [3.8, 4) is 0 Å². The molecule has 3 aromatic carbocycles. The SMILES string of the molecule is CN(c1ccc(C(=O)Nc2cccc(Cl)c2)cc1)S(=O)(=O)c1ccccc1. The zero-order valence-corrected chi connectivity index (χ0v) is 16.0. The first-order valence-electron chi connectivity index (χ1n) is 8.09. The lowest BCUT2D eigenvalue weighted by Gasteiger charge is -2.19. The Hall–Kier alpha value is -2.83. The van der Waals surface area contributed by atoms with Gasteiger partial charge in [-0.25, -0.2) is 8.42 Å². The lowest BCUT2D eigenvalue weighted by Crippen LogP contribution is -2.26. The van der Waals surface area contributed by atoms with Crippen molar-refractivity contribution in [2.75, 3.05) is 16.7 Å². The second-order valence-electron chi connectivity index (χ2n) is 5.80. The number of hydrogen-bond donors (Lipinski definition) is 1. The summed E-state index contributed by atoms with van der Waals surface area (Å²) in [4.78, 5) is 12.5. The van der Waals surface area contributed by atoms with E-state index in [2.05, 4.69) is 5.32 Å². The second kappa shape index (κ2) is 7.82. The topological polar surface area (TPSA) is 66.5 Å². The largest absolute Gasteiger partial charge is 0.322 e. The first kappa shape index (κ1) is 18.9. The van der Waals surface area contributed by atoms with Crippen LogP contribution in [0, 0.1) is 0 Å². The number of nitrogens with one attached hydrogen (secondary N) is 1. The number of carbonyl (C=O) groups is 1. The predicted molar refractivity (Wildman–Crippen MR) is 108 cm³/mol. The number of benzene rings is 3. The zero-order valence-electron chi connectivity index (χ0n) is 14.5. The van der Waals surface area contributed by atoms with Crippen LogP contribution in [0.25, 0.3) is 0 Å². The highest BCUT2D eigenvalue weighted by Crippen LogP contribution is 2.23. The predicted octanol–water partition coefficient (Wildman–Crippen LogP) is 4.42. The van der Waals surface area contributed by atoms with Gasteiger partial charge in [0.05, 0.1) is 10.6 Å². The number of carbonyl (C=O) groups excluding carboxylic acids is 1. The smallest absolute Gasteiger partial charge is 0.264 e. The number of hydrogen-bond acceptors (Lipinski definition) is 3. The lowest BCUT2D eigenvalue weighted by molar-refractivity contribution is 0.102. The van der Waals surface area contributed by atoms with Crippen LogP contribution < -0.4 is 9.62 Å². The highest BCUT2D eigenvalue weighted by molar-refractivity contribution is 7.92. The fourth-order valence-corrected chi connectivity index (χ4v) is 3.89. The zero-order chi connectivity index (χ0) is 19.4. The van der Waals surface area contributed by atoms with E-state index in [1.165, 1.54) is 11.4 Å². The van der Waals surface area contributed by atoms with Gasteiger partial charge >= 0.3 is 0 Å². The van der Waals surface area contributed by atoms with Crippen LogP contribution in [0.2, 0.25) is 5.02 Å². The van der Waals surface area contributed by atoms with Crippen molar-refractivity contribution in [2.45, 2.75) is 4.90 Å². The number of halogens is 1. The van der Waals surface area contributed by atoms with E-state index in [0.717, 1.165) is 0 Å². The molecule has 0 saturated heterocycles. The number of anilines is 2. The molecule has 0 fully saturated rings. The monoisotopic (exact) mass is 400 g/mol. The van der Waals surface area contributed by atoms with Crippen LogP contribution in [0.3, 0.4) is 0 Å². The van der Waals surface area contributed by atoms with Crippen LogP contribution in [-0.4, -0.2) is 21.4 Å². The minimum Gasteiger partial charge on any atom is -0.322 e. The van der Waals surface area contributed by atoms with Crippen LogP contribution in [0.1, 0.15) is 10.4 Å². The molecule has 1 amide bonds. The van der Waals surface area contributed by atoms with E-state index in [1.807, 2.05) is 0 Å². The van der Waals surface area contributed by atoms with E-state index in [4.69, 9.17) is 11.6 Å². The molecule has 0 aliphatic rings. The van der Waals surface area contributed by atoms with Gasteiger partial charge < -0.3 is 5.32 Å². The summed E-state index contributed by atoms with van der Waals surface area (Å²) >= 11 is 5.91. The molecule has 5 nitrogen and oxygen atoms in total. The summed E-state index contributed by atoms with van der Waals surface area (Å²) < 4.78 is 26.5. The third-order valence-electron chi connectivity index (χ3n) is 3.98.